The van der Waals surface area contributed by atoms with E-state index in [9.17, 15) is 9.59 Å². The average molecular weight is 427 g/mol. The van der Waals surface area contributed by atoms with Crippen molar-refractivity contribution in [3.63, 3.8) is 0 Å². The van der Waals surface area contributed by atoms with Gasteiger partial charge in [-0.2, -0.15) is 0 Å². The maximum atomic E-state index is 12.0. The van der Waals surface area contributed by atoms with Crippen LogP contribution in [0.3, 0.4) is 0 Å². The molecule has 0 heterocycles. The van der Waals surface area contributed by atoms with Gasteiger partial charge in [0.25, 0.3) is 0 Å². The van der Waals surface area contributed by atoms with Crippen molar-refractivity contribution in [2.75, 3.05) is 5.32 Å². The third-order valence-corrected chi connectivity index (χ3v) is 3.55. The molecule has 3 N–H and O–H groups in total. The van der Waals surface area contributed by atoms with Crippen molar-refractivity contribution < 1.29 is 14.7 Å². The topological polar surface area (TPSA) is 78.4 Å². The first-order chi connectivity index (χ1) is 9.43. The van der Waals surface area contributed by atoms with Gasteiger partial charge in [0.05, 0.1) is 6.04 Å². The number of carboxylic acids is 1. The second-order valence-corrected chi connectivity index (χ2v) is 5.81. The molecule has 1 rings (SSSR count). The number of carbonyl (C=O) groups excluding carboxylic acids is 1. The van der Waals surface area contributed by atoms with Gasteiger partial charge in [0.2, 0.25) is 5.91 Å². The molecule has 2 unspecified atom stereocenters. The maximum Gasteiger partial charge on any atom is 0.320 e. The Balaban J connectivity index is 0.00000400. The van der Waals surface area contributed by atoms with Crippen LogP contribution in [0.2, 0.25) is 0 Å². The highest BCUT2D eigenvalue weighted by Crippen LogP contribution is 2.11. The summed E-state index contributed by atoms with van der Waals surface area (Å²) in [5.74, 6) is -1.17. The summed E-state index contributed by atoms with van der Waals surface area (Å²) in [5, 5.41) is 14.7. The number of rotatable bonds is 7. The first-order valence-electron chi connectivity index (χ1n) is 6.49. The van der Waals surface area contributed by atoms with Gasteiger partial charge in [0.15, 0.2) is 0 Å². The fourth-order valence-corrected chi connectivity index (χ4v) is 2.09. The molecule has 0 aliphatic heterocycles. The number of nitrogens with one attached hydrogen (secondary N) is 2. The summed E-state index contributed by atoms with van der Waals surface area (Å²) in [4.78, 5) is 23.0. The van der Waals surface area contributed by atoms with E-state index in [1.807, 2.05) is 31.2 Å². The van der Waals surface area contributed by atoms with E-state index < -0.39 is 18.1 Å². The van der Waals surface area contributed by atoms with Crippen LogP contribution in [0.1, 0.15) is 26.7 Å². The molecule has 7 heteroatoms. The number of benzene rings is 1. The van der Waals surface area contributed by atoms with Crippen LogP contribution in [0.15, 0.2) is 24.3 Å². The van der Waals surface area contributed by atoms with Crippen molar-refractivity contribution in [2.24, 2.45) is 0 Å². The summed E-state index contributed by atoms with van der Waals surface area (Å²) in [5.41, 5.74) is 0.700. The number of carboxylic acid groups (broad SMARTS) is 1. The van der Waals surface area contributed by atoms with Crippen LogP contribution in [0, 0.1) is 3.57 Å². The minimum atomic E-state index is -0.930. The van der Waals surface area contributed by atoms with Crippen LogP contribution in [0.5, 0.6) is 0 Å². The molecule has 0 saturated carbocycles. The van der Waals surface area contributed by atoms with E-state index in [1.54, 1.807) is 6.92 Å². The van der Waals surface area contributed by atoms with Gasteiger partial charge >= 0.3 is 5.97 Å². The number of hydrogen-bond acceptors (Lipinski definition) is 3. The zero-order valence-electron chi connectivity index (χ0n) is 11.9. The second kappa shape index (κ2) is 9.97. The second-order valence-electron chi connectivity index (χ2n) is 4.56. The molecule has 0 aromatic heterocycles. The Morgan fingerprint density at radius 3 is 2.33 bits per heavy atom. The smallest absolute Gasteiger partial charge is 0.320 e. The van der Waals surface area contributed by atoms with Crippen LogP contribution in [-0.4, -0.2) is 29.1 Å². The summed E-state index contributed by atoms with van der Waals surface area (Å²) in [7, 11) is 0. The van der Waals surface area contributed by atoms with Crippen molar-refractivity contribution in [2.45, 2.75) is 38.8 Å². The first kappa shape index (κ1) is 20.1. The molecule has 1 amide bonds. The van der Waals surface area contributed by atoms with Gasteiger partial charge < -0.3 is 10.4 Å². The van der Waals surface area contributed by atoms with Gasteiger partial charge in [0.1, 0.15) is 6.04 Å². The van der Waals surface area contributed by atoms with Gasteiger partial charge in [0, 0.05) is 9.26 Å². The molecular formula is C14H20ClIN2O3. The first-order valence-corrected chi connectivity index (χ1v) is 7.57. The number of aliphatic carboxylic acids is 1. The van der Waals surface area contributed by atoms with E-state index in [1.165, 1.54) is 0 Å². The zero-order valence-corrected chi connectivity index (χ0v) is 14.9. The third-order valence-electron chi connectivity index (χ3n) is 2.83. The Morgan fingerprint density at radius 2 is 1.86 bits per heavy atom. The van der Waals surface area contributed by atoms with Crippen LogP contribution >= 0.6 is 35.0 Å². The number of hydrogen-bond donors (Lipinski definition) is 3. The van der Waals surface area contributed by atoms with Crippen LogP contribution in [0.4, 0.5) is 5.69 Å². The zero-order chi connectivity index (χ0) is 15.1. The Hall–Kier alpha value is -0.860. The molecule has 118 valence electrons. The van der Waals surface area contributed by atoms with Gasteiger partial charge in [-0.1, -0.05) is 13.3 Å². The third kappa shape index (κ3) is 7.10. The van der Waals surface area contributed by atoms with Crippen molar-refractivity contribution in [3.05, 3.63) is 27.8 Å². The highest BCUT2D eigenvalue weighted by atomic mass is 127. The molecule has 0 radical (unpaired) electrons. The van der Waals surface area contributed by atoms with Crippen LogP contribution < -0.4 is 10.6 Å². The normalized spacial score (nSPS) is 12.9. The van der Waals surface area contributed by atoms with Gasteiger partial charge in [-0.05, 0) is 60.2 Å². The number of amides is 1. The number of halogens is 2. The average Bonchev–Trinajstić information content (AvgIpc) is 2.40. The lowest BCUT2D eigenvalue weighted by atomic mass is 10.1. The van der Waals surface area contributed by atoms with E-state index in [0.29, 0.717) is 12.1 Å². The van der Waals surface area contributed by atoms with Crippen molar-refractivity contribution >= 4 is 52.6 Å². The molecule has 0 spiro atoms. The SMILES string of the molecule is CCCC(NC(C)C(=O)Nc1ccc(I)cc1)C(=O)O.Cl. The molecule has 1 aromatic rings. The Labute approximate surface area is 144 Å². The van der Waals surface area contributed by atoms with Crippen molar-refractivity contribution in [1.82, 2.24) is 5.32 Å². The van der Waals surface area contributed by atoms with Gasteiger partial charge in [-0.3, -0.25) is 14.9 Å². The summed E-state index contributed by atoms with van der Waals surface area (Å²) in [6, 6.07) is 6.15. The van der Waals surface area contributed by atoms with Crippen LogP contribution in [0.25, 0.3) is 0 Å². The minimum Gasteiger partial charge on any atom is -0.480 e. The van der Waals surface area contributed by atoms with Gasteiger partial charge in [-0.15, -0.1) is 12.4 Å². The molecule has 0 saturated heterocycles. The van der Waals surface area contributed by atoms with Crippen molar-refractivity contribution in [1.29, 1.82) is 0 Å². The fourth-order valence-electron chi connectivity index (χ4n) is 1.73. The van der Waals surface area contributed by atoms with E-state index in [-0.39, 0.29) is 18.3 Å². The molecule has 0 bridgehead atoms. The number of anilines is 1. The monoisotopic (exact) mass is 426 g/mol. The summed E-state index contributed by atoms with van der Waals surface area (Å²) in [6.45, 7) is 3.57. The predicted octanol–water partition coefficient (Wildman–Crippen LogP) is 2.88. The minimum absolute atomic E-state index is 0. The lowest BCUT2D eigenvalue weighted by Gasteiger charge is -2.19. The van der Waals surface area contributed by atoms with Crippen LogP contribution in [-0.2, 0) is 9.59 Å². The van der Waals surface area contributed by atoms with Crippen molar-refractivity contribution in [3.8, 4) is 0 Å². The predicted molar refractivity (Wildman–Crippen MR) is 94.0 cm³/mol. The molecule has 5 nitrogen and oxygen atoms in total. The molecule has 0 aliphatic rings. The molecule has 1 aromatic carbocycles. The highest BCUT2D eigenvalue weighted by Gasteiger charge is 2.22. The lowest BCUT2D eigenvalue weighted by Crippen LogP contribution is -2.47. The molecule has 0 aliphatic carbocycles. The quantitative estimate of drug-likeness (QED) is 0.586. The van der Waals surface area contributed by atoms with E-state index in [0.717, 1.165) is 9.99 Å². The van der Waals surface area contributed by atoms with E-state index >= 15 is 0 Å². The Morgan fingerprint density at radius 1 is 1.29 bits per heavy atom. The summed E-state index contributed by atoms with van der Waals surface area (Å²) in [6.07, 6.45) is 1.24. The largest absolute Gasteiger partial charge is 0.480 e. The summed E-state index contributed by atoms with van der Waals surface area (Å²) >= 11 is 2.19. The molecule has 2 atom stereocenters. The molecule has 21 heavy (non-hydrogen) atoms. The Bertz CT molecular complexity index is 468. The highest BCUT2D eigenvalue weighted by molar-refractivity contribution is 14.1. The lowest BCUT2D eigenvalue weighted by molar-refractivity contribution is -0.140. The molecular weight excluding hydrogens is 407 g/mol. The number of carbonyl (C=O) groups is 2. The molecule has 0 fully saturated rings. The van der Waals surface area contributed by atoms with E-state index in [4.69, 9.17) is 5.11 Å². The fraction of sp³-hybridized carbons (Fsp3) is 0.429. The maximum absolute atomic E-state index is 12.0. The Kier molecular flexibility index (Phi) is 9.56. The van der Waals surface area contributed by atoms with E-state index in [2.05, 4.69) is 33.2 Å². The van der Waals surface area contributed by atoms with Gasteiger partial charge in [-0.25, -0.2) is 0 Å². The standard InChI is InChI=1S/C14H19IN2O3.ClH/c1-3-4-12(14(19)20)16-9(2)13(18)17-11-7-5-10(15)6-8-11;/h5-9,12,16H,3-4H2,1-2H3,(H,17,18)(H,19,20);1H. The summed E-state index contributed by atoms with van der Waals surface area (Å²) < 4.78 is 1.08.